The summed E-state index contributed by atoms with van der Waals surface area (Å²) in [5.74, 6) is 3.27. The van der Waals surface area contributed by atoms with Gasteiger partial charge in [0.15, 0.2) is 0 Å². The zero-order valence-electron chi connectivity index (χ0n) is 9.67. The average Bonchev–Trinajstić information content (AvgIpc) is 2.58. The van der Waals surface area contributed by atoms with Gasteiger partial charge in [-0.1, -0.05) is 0 Å². The fraction of sp³-hybridized carbons (Fsp3) is 0.769. The maximum atomic E-state index is 11.6. The minimum Gasteiger partial charge on any atom is -0.355 e. The van der Waals surface area contributed by atoms with Crippen molar-refractivity contribution >= 4 is 5.91 Å². The first kappa shape index (κ1) is 11.5. The molecule has 0 aromatic carbocycles. The Morgan fingerprint density at radius 1 is 1.38 bits per heavy atom. The van der Waals surface area contributed by atoms with E-state index in [-0.39, 0.29) is 5.91 Å². The molecule has 2 saturated heterocycles. The lowest BCUT2D eigenvalue weighted by molar-refractivity contribution is -0.122. The fourth-order valence-corrected chi connectivity index (χ4v) is 2.95. The summed E-state index contributed by atoms with van der Waals surface area (Å²) in [5.41, 5.74) is 0. The molecular weight excluding hydrogens is 200 g/mol. The van der Waals surface area contributed by atoms with Gasteiger partial charge in [-0.05, 0) is 31.6 Å². The molecule has 0 radical (unpaired) electrons. The molecule has 3 nitrogen and oxygen atoms in total. The van der Waals surface area contributed by atoms with Crippen LogP contribution in [0.5, 0.6) is 0 Å². The highest BCUT2D eigenvalue weighted by Crippen LogP contribution is 2.32. The molecular formula is C13H20N2O. The van der Waals surface area contributed by atoms with Crippen LogP contribution in [0.2, 0.25) is 0 Å². The summed E-state index contributed by atoms with van der Waals surface area (Å²) in [7, 11) is 0. The first-order valence-electron chi connectivity index (χ1n) is 6.24. The zero-order valence-corrected chi connectivity index (χ0v) is 9.67. The first-order valence-corrected chi connectivity index (χ1v) is 6.24. The number of amides is 1. The lowest BCUT2D eigenvalue weighted by Crippen LogP contribution is -2.39. The van der Waals surface area contributed by atoms with Crippen LogP contribution in [0.1, 0.15) is 38.5 Å². The van der Waals surface area contributed by atoms with Crippen molar-refractivity contribution in [1.29, 1.82) is 0 Å². The number of fused-ring (bicyclic) bond motifs is 2. The number of piperidine rings is 1. The third kappa shape index (κ3) is 2.99. The van der Waals surface area contributed by atoms with Crippen molar-refractivity contribution in [3.63, 3.8) is 0 Å². The Bertz CT molecular complexity index is 283. The zero-order chi connectivity index (χ0) is 11.4. The molecule has 2 rings (SSSR count). The van der Waals surface area contributed by atoms with E-state index in [1.54, 1.807) is 0 Å². The summed E-state index contributed by atoms with van der Waals surface area (Å²) >= 11 is 0. The lowest BCUT2D eigenvalue weighted by Gasteiger charge is -2.28. The average molecular weight is 220 g/mol. The van der Waals surface area contributed by atoms with Crippen LogP contribution in [0, 0.1) is 18.3 Å². The van der Waals surface area contributed by atoms with Crippen molar-refractivity contribution in [3.8, 4) is 12.3 Å². The van der Waals surface area contributed by atoms with E-state index >= 15 is 0 Å². The van der Waals surface area contributed by atoms with Crippen LogP contribution in [-0.2, 0) is 4.79 Å². The Labute approximate surface area is 97.4 Å². The Hall–Kier alpha value is -1.01. The number of terminal acetylenes is 1. The molecule has 2 unspecified atom stereocenters. The standard InChI is InChI=1S/C13H20N2O/c1-2-3-6-14-13(16)9-10-7-11-4-5-12(8-10)15-11/h1,10-12,15H,3-9H2,(H,14,16). The third-order valence-corrected chi connectivity index (χ3v) is 3.64. The smallest absolute Gasteiger partial charge is 0.220 e. The predicted octanol–water partition coefficient (Wildman–Crippen LogP) is 1.05. The maximum absolute atomic E-state index is 11.6. The van der Waals surface area contributed by atoms with Gasteiger partial charge in [0.2, 0.25) is 5.91 Å². The molecule has 2 fully saturated rings. The number of nitrogens with one attached hydrogen (secondary N) is 2. The van der Waals surface area contributed by atoms with E-state index in [1.807, 2.05) is 0 Å². The van der Waals surface area contributed by atoms with Gasteiger partial charge in [0.25, 0.3) is 0 Å². The van der Waals surface area contributed by atoms with Gasteiger partial charge in [0.05, 0.1) is 0 Å². The summed E-state index contributed by atoms with van der Waals surface area (Å²) in [6.07, 6.45) is 11.4. The molecule has 2 bridgehead atoms. The van der Waals surface area contributed by atoms with E-state index < -0.39 is 0 Å². The van der Waals surface area contributed by atoms with Gasteiger partial charge in [-0.15, -0.1) is 12.3 Å². The van der Waals surface area contributed by atoms with Gasteiger partial charge in [-0.2, -0.15) is 0 Å². The second-order valence-corrected chi connectivity index (χ2v) is 4.98. The van der Waals surface area contributed by atoms with Crippen LogP contribution in [0.4, 0.5) is 0 Å². The van der Waals surface area contributed by atoms with Gasteiger partial charge in [0.1, 0.15) is 0 Å². The van der Waals surface area contributed by atoms with Crippen molar-refractivity contribution in [2.75, 3.05) is 6.54 Å². The molecule has 2 heterocycles. The molecule has 0 spiro atoms. The fourth-order valence-electron chi connectivity index (χ4n) is 2.95. The molecule has 2 aliphatic heterocycles. The highest BCUT2D eigenvalue weighted by molar-refractivity contribution is 5.76. The number of hydrogen-bond acceptors (Lipinski definition) is 2. The molecule has 0 aromatic rings. The monoisotopic (exact) mass is 220 g/mol. The van der Waals surface area contributed by atoms with Gasteiger partial charge in [-0.25, -0.2) is 0 Å². The van der Waals surface area contributed by atoms with Crippen molar-refractivity contribution in [1.82, 2.24) is 10.6 Å². The van der Waals surface area contributed by atoms with Crippen LogP contribution < -0.4 is 10.6 Å². The first-order chi connectivity index (χ1) is 7.78. The Kier molecular flexibility index (Phi) is 3.84. The Balaban J connectivity index is 1.69. The molecule has 0 saturated carbocycles. The summed E-state index contributed by atoms with van der Waals surface area (Å²) in [5, 5.41) is 6.47. The molecule has 0 aromatic heterocycles. The number of rotatable bonds is 4. The minimum absolute atomic E-state index is 0.168. The van der Waals surface area contributed by atoms with Crippen LogP contribution >= 0.6 is 0 Å². The SMILES string of the molecule is C#CCCNC(=O)CC1CC2CCC(C1)N2. The quantitative estimate of drug-likeness (QED) is 0.549. The van der Waals surface area contributed by atoms with Gasteiger partial charge >= 0.3 is 0 Å². The minimum atomic E-state index is 0.168. The van der Waals surface area contributed by atoms with Crippen LogP contribution in [0.3, 0.4) is 0 Å². The highest BCUT2D eigenvalue weighted by atomic mass is 16.1. The summed E-state index contributed by atoms with van der Waals surface area (Å²) in [6.45, 7) is 0.618. The predicted molar refractivity (Wildman–Crippen MR) is 63.7 cm³/mol. The molecule has 88 valence electrons. The number of carbonyl (C=O) groups excluding carboxylic acids is 1. The number of hydrogen-bond donors (Lipinski definition) is 2. The van der Waals surface area contributed by atoms with E-state index in [0.29, 0.717) is 37.4 Å². The van der Waals surface area contributed by atoms with Crippen molar-refractivity contribution in [3.05, 3.63) is 0 Å². The highest BCUT2D eigenvalue weighted by Gasteiger charge is 2.33. The summed E-state index contributed by atoms with van der Waals surface area (Å²) in [4.78, 5) is 11.6. The van der Waals surface area contributed by atoms with Crippen LogP contribution in [0.25, 0.3) is 0 Å². The van der Waals surface area contributed by atoms with E-state index in [0.717, 1.165) is 0 Å². The Morgan fingerprint density at radius 3 is 2.69 bits per heavy atom. The second kappa shape index (κ2) is 5.36. The van der Waals surface area contributed by atoms with Crippen molar-refractivity contribution in [2.45, 2.75) is 50.6 Å². The van der Waals surface area contributed by atoms with E-state index in [9.17, 15) is 4.79 Å². The van der Waals surface area contributed by atoms with Crippen molar-refractivity contribution in [2.24, 2.45) is 5.92 Å². The molecule has 2 N–H and O–H groups in total. The Morgan fingerprint density at radius 2 is 2.06 bits per heavy atom. The van der Waals surface area contributed by atoms with E-state index in [2.05, 4.69) is 16.6 Å². The lowest BCUT2D eigenvalue weighted by atomic mass is 9.89. The third-order valence-electron chi connectivity index (χ3n) is 3.64. The van der Waals surface area contributed by atoms with E-state index in [1.165, 1.54) is 25.7 Å². The topological polar surface area (TPSA) is 41.1 Å². The van der Waals surface area contributed by atoms with Gasteiger partial charge < -0.3 is 10.6 Å². The molecule has 2 aliphatic rings. The molecule has 16 heavy (non-hydrogen) atoms. The summed E-state index contributed by atoms with van der Waals surface area (Å²) < 4.78 is 0. The maximum Gasteiger partial charge on any atom is 0.220 e. The normalized spacial score (nSPS) is 32.1. The number of carbonyl (C=O) groups is 1. The van der Waals surface area contributed by atoms with E-state index in [4.69, 9.17) is 6.42 Å². The summed E-state index contributed by atoms with van der Waals surface area (Å²) in [6, 6.07) is 1.34. The second-order valence-electron chi connectivity index (χ2n) is 4.98. The van der Waals surface area contributed by atoms with Crippen LogP contribution in [0.15, 0.2) is 0 Å². The molecule has 0 aliphatic carbocycles. The van der Waals surface area contributed by atoms with Crippen LogP contribution in [-0.4, -0.2) is 24.5 Å². The van der Waals surface area contributed by atoms with Gasteiger partial charge in [0, 0.05) is 31.5 Å². The largest absolute Gasteiger partial charge is 0.355 e. The molecule has 3 heteroatoms. The molecule has 1 amide bonds. The molecule has 2 atom stereocenters. The van der Waals surface area contributed by atoms with Gasteiger partial charge in [-0.3, -0.25) is 4.79 Å². The van der Waals surface area contributed by atoms with Crippen molar-refractivity contribution < 1.29 is 4.79 Å².